The monoisotopic (exact) mass is 385 g/mol. The van der Waals surface area contributed by atoms with E-state index >= 15 is 0 Å². The van der Waals surface area contributed by atoms with Crippen LogP contribution in [0.5, 0.6) is 5.88 Å². The summed E-state index contributed by atoms with van der Waals surface area (Å²) in [5.41, 5.74) is 0.0680. The lowest BCUT2D eigenvalue weighted by Crippen LogP contribution is -2.53. The van der Waals surface area contributed by atoms with Crippen LogP contribution >= 0.6 is 0 Å². The lowest BCUT2D eigenvalue weighted by atomic mass is 9.79. The highest BCUT2D eigenvalue weighted by Gasteiger charge is 2.53. The summed E-state index contributed by atoms with van der Waals surface area (Å²) in [7, 11) is 1.75. The van der Waals surface area contributed by atoms with Gasteiger partial charge in [0.25, 0.3) is 5.91 Å². The predicted molar refractivity (Wildman–Crippen MR) is 102 cm³/mol. The number of pyridine rings is 1. The number of aromatic nitrogens is 2. The topological polar surface area (TPSA) is 77.7 Å². The van der Waals surface area contributed by atoms with E-state index in [-0.39, 0.29) is 23.7 Å². The van der Waals surface area contributed by atoms with Crippen molar-refractivity contribution in [3.63, 3.8) is 0 Å². The van der Waals surface area contributed by atoms with E-state index in [0.29, 0.717) is 18.1 Å². The standard InChI is InChI=1S/C21H27N3O4/c1-3-6-16-13-17(23-28-16)20(25)24-12-10-21(26-2)9-8-15(14-18(21)24)27-19-7-4-5-11-22-19/h4-5,7,11,13,15,18H,3,6,8-10,12,14H2,1-2H3/t15-,18-,21+/m0/s1. The summed E-state index contributed by atoms with van der Waals surface area (Å²) >= 11 is 0. The molecule has 0 aromatic carbocycles. The van der Waals surface area contributed by atoms with Gasteiger partial charge in [-0.25, -0.2) is 4.98 Å². The first-order valence-corrected chi connectivity index (χ1v) is 10.0. The van der Waals surface area contributed by atoms with E-state index in [1.807, 2.05) is 23.1 Å². The zero-order valence-electron chi connectivity index (χ0n) is 16.5. The van der Waals surface area contributed by atoms with E-state index in [1.54, 1.807) is 19.4 Å². The molecule has 4 rings (SSSR count). The molecule has 3 heterocycles. The van der Waals surface area contributed by atoms with Crippen molar-refractivity contribution in [3.05, 3.63) is 41.9 Å². The maximum Gasteiger partial charge on any atom is 0.276 e. The summed E-state index contributed by atoms with van der Waals surface area (Å²) in [6.45, 7) is 2.73. The summed E-state index contributed by atoms with van der Waals surface area (Å²) in [6.07, 6.45) is 6.75. The van der Waals surface area contributed by atoms with Gasteiger partial charge in [0.05, 0.1) is 11.6 Å². The molecule has 1 amide bonds. The zero-order valence-corrected chi connectivity index (χ0v) is 16.5. The molecule has 0 unspecified atom stereocenters. The van der Waals surface area contributed by atoms with E-state index < -0.39 is 0 Å². The van der Waals surface area contributed by atoms with Crippen LogP contribution in [0.1, 0.15) is 55.3 Å². The van der Waals surface area contributed by atoms with E-state index in [2.05, 4.69) is 17.1 Å². The lowest BCUT2D eigenvalue weighted by Gasteiger charge is -2.43. The average Bonchev–Trinajstić information content (AvgIpc) is 3.34. The maximum atomic E-state index is 13.1. The minimum absolute atomic E-state index is 0.00420. The summed E-state index contributed by atoms with van der Waals surface area (Å²) in [5, 5.41) is 4.00. The van der Waals surface area contributed by atoms with Gasteiger partial charge in [-0.2, -0.15) is 0 Å². The molecule has 2 aromatic heterocycles. The van der Waals surface area contributed by atoms with Crippen molar-refractivity contribution in [2.75, 3.05) is 13.7 Å². The van der Waals surface area contributed by atoms with Crippen molar-refractivity contribution < 1.29 is 18.8 Å². The number of methoxy groups -OCH3 is 1. The molecule has 0 spiro atoms. The zero-order chi connectivity index (χ0) is 19.6. The quantitative estimate of drug-likeness (QED) is 0.760. The molecule has 150 valence electrons. The highest BCUT2D eigenvalue weighted by atomic mass is 16.5. The number of carbonyl (C=O) groups excluding carboxylic acids is 1. The number of aryl methyl sites for hydroxylation is 1. The van der Waals surface area contributed by atoms with Crippen molar-refractivity contribution in [3.8, 4) is 5.88 Å². The average molecular weight is 385 g/mol. The third kappa shape index (κ3) is 3.51. The second-order valence-corrected chi connectivity index (χ2v) is 7.64. The van der Waals surface area contributed by atoms with Crippen LogP contribution in [-0.4, -0.2) is 52.3 Å². The van der Waals surface area contributed by atoms with Gasteiger partial charge in [-0.3, -0.25) is 4.79 Å². The van der Waals surface area contributed by atoms with Crippen LogP contribution < -0.4 is 4.74 Å². The van der Waals surface area contributed by atoms with Gasteiger partial charge >= 0.3 is 0 Å². The Hall–Kier alpha value is -2.41. The van der Waals surface area contributed by atoms with E-state index in [0.717, 1.165) is 44.3 Å². The predicted octanol–water partition coefficient (Wildman–Crippen LogP) is 3.25. The van der Waals surface area contributed by atoms with Crippen molar-refractivity contribution in [2.24, 2.45) is 0 Å². The molecule has 1 aliphatic heterocycles. The number of rotatable bonds is 6. The Labute approximate surface area is 165 Å². The molecule has 2 fully saturated rings. The maximum absolute atomic E-state index is 13.1. The van der Waals surface area contributed by atoms with Gasteiger partial charge in [0.1, 0.15) is 11.9 Å². The second-order valence-electron chi connectivity index (χ2n) is 7.64. The summed E-state index contributed by atoms with van der Waals surface area (Å²) in [6, 6.07) is 7.36. The molecular formula is C21H27N3O4. The number of nitrogens with zero attached hydrogens (tertiary/aromatic N) is 3. The van der Waals surface area contributed by atoms with Crippen molar-refractivity contribution >= 4 is 5.91 Å². The van der Waals surface area contributed by atoms with Crippen molar-refractivity contribution in [1.82, 2.24) is 15.0 Å². The SMILES string of the molecule is CCCc1cc(C(=O)N2CC[C@]3(OC)CC[C@H](Oc4ccccn4)C[C@H]23)no1. The number of amides is 1. The normalized spacial score (nSPS) is 26.9. The molecule has 3 atom stereocenters. The number of fused-ring (bicyclic) bond motifs is 1. The Morgan fingerprint density at radius 3 is 3.04 bits per heavy atom. The van der Waals surface area contributed by atoms with E-state index in [1.165, 1.54) is 0 Å². The molecule has 7 nitrogen and oxygen atoms in total. The number of ether oxygens (including phenoxy) is 2. The van der Waals surface area contributed by atoms with Gasteiger partial charge in [-0.05, 0) is 31.7 Å². The Balaban J connectivity index is 1.51. The van der Waals surface area contributed by atoms with Gasteiger partial charge in [-0.1, -0.05) is 18.1 Å². The smallest absolute Gasteiger partial charge is 0.276 e. The first-order valence-electron chi connectivity index (χ1n) is 10.0. The van der Waals surface area contributed by atoms with Crippen LogP contribution in [0, 0.1) is 0 Å². The van der Waals surface area contributed by atoms with Crippen LogP contribution in [0.4, 0.5) is 0 Å². The Morgan fingerprint density at radius 1 is 1.39 bits per heavy atom. The fourth-order valence-corrected chi connectivity index (χ4v) is 4.52. The fourth-order valence-electron chi connectivity index (χ4n) is 4.52. The third-order valence-electron chi connectivity index (χ3n) is 6.00. The van der Waals surface area contributed by atoms with Gasteiger partial charge < -0.3 is 18.9 Å². The molecule has 28 heavy (non-hydrogen) atoms. The molecule has 7 heteroatoms. The number of hydrogen-bond donors (Lipinski definition) is 0. The molecule has 1 saturated carbocycles. The number of likely N-dealkylation sites (tertiary alicyclic amines) is 1. The summed E-state index contributed by atoms with van der Waals surface area (Å²) in [4.78, 5) is 19.3. The van der Waals surface area contributed by atoms with Crippen molar-refractivity contribution in [2.45, 2.75) is 63.2 Å². The highest BCUT2D eigenvalue weighted by Crippen LogP contribution is 2.43. The molecule has 0 N–H and O–H groups in total. The minimum Gasteiger partial charge on any atom is -0.474 e. The van der Waals surface area contributed by atoms with Crippen molar-refractivity contribution in [1.29, 1.82) is 0 Å². The largest absolute Gasteiger partial charge is 0.474 e. The van der Waals surface area contributed by atoms with Crippen LogP contribution in [0.2, 0.25) is 0 Å². The van der Waals surface area contributed by atoms with Gasteiger partial charge in [0, 0.05) is 44.8 Å². The molecule has 0 radical (unpaired) electrons. The summed E-state index contributed by atoms with van der Waals surface area (Å²) in [5.74, 6) is 1.28. The van der Waals surface area contributed by atoms with Crippen LogP contribution in [0.25, 0.3) is 0 Å². The fraction of sp³-hybridized carbons (Fsp3) is 0.571. The molecule has 2 aliphatic rings. The first kappa shape index (κ1) is 18.9. The number of hydrogen-bond acceptors (Lipinski definition) is 6. The van der Waals surface area contributed by atoms with E-state index in [9.17, 15) is 4.79 Å². The summed E-state index contributed by atoms with van der Waals surface area (Å²) < 4.78 is 17.3. The van der Waals surface area contributed by atoms with Gasteiger partial charge in [0.2, 0.25) is 5.88 Å². The molecule has 2 aromatic rings. The minimum atomic E-state index is -0.310. The first-order chi connectivity index (χ1) is 13.6. The Bertz CT molecular complexity index is 809. The van der Waals surface area contributed by atoms with Crippen LogP contribution in [0.15, 0.2) is 35.0 Å². The third-order valence-corrected chi connectivity index (χ3v) is 6.00. The second kappa shape index (κ2) is 7.91. The van der Waals surface area contributed by atoms with Crippen LogP contribution in [-0.2, 0) is 11.2 Å². The molecular weight excluding hydrogens is 358 g/mol. The molecule has 1 saturated heterocycles. The number of carbonyl (C=O) groups is 1. The van der Waals surface area contributed by atoms with E-state index in [4.69, 9.17) is 14.0 Å². The molecule has 1 aliphatic carbocycles. The highest BCUT2D eigenvalue weighted by molar-refractivity contribution is 5.92. The Morgan fingerprint density at radius 2 is 2.29 bits per heavy atom. The van der Waals surface area contributed by atoms with Gasteiger partial charge in [-0.15, -0.1) is 0 Å². The lowest BCUT2D eigenvalue weighted by molar-refractivity contribution is -0.0789. The van der Waals surface area contributed by atoms with Gasteiger partial charge in [0.15, 0.2) is 5.69 Å². The Kier molecular flexibility index (Phi) is 5.35. The molecule has 0 bridgehead atoms. The van der Waals surface area contributed by atoms with Crippen LogP contribution in [0.3, 0.4) is 0 Å².